The summed E-state index contributed by atoms with van der Waals surface area (Å²) >= 11 is 0. The number of nitrogens with zero attached hydrogens (tertiary/aromatic N) is 1. The van der Waals surface area contributed by atoms with Gasteiger partial charge < -0.3 is 15.3 Å². The van der Waals surface area contributed by atoms with Gasteiger partial charge in [-0.1, -0.05) is 12.8 Å². The van der Waals surface area contributed by atoms with Crippen LogP contribution in [-0.2, 0) is 4.79 Å². The summed E-state index contributed by atoms with van der Waals surface area (Å²) in [5, 5.41) is 13.1. The largest absolute Gasteiger partial charge is 0.391 e. The van der Waals surface area contributed by atoms with Crippen molar-refractivity contribution < 1.29 is 9.90 Å². The second kappa shape index (κ2) is 5.15. The number of amides is 1. The molecule has 2 aliphatic rings. The monoisotopic (exact) mass is 226 g/mol. The number of aliphatic hydroxyl groups excluding tert-OH is 1. The molecule has 2 rings (SSSR count). The van der Waals surface area contributed by atoms with Gasteiger partial charge in [0.15, 0.2) is 0 Å². The predicted octanol–water partition coefficient (Wildman–Crippen LogP) is 0.500. The lowest BCUT2D eigenvalue weighted by Crippen LogP contribution is -2.51. The van der Waals surface area contributed by atoms with Gasteiger partial charge in [-0.3, -0.25) is 4.79 Å². The molecule has 1 saturated heterocycles. The highest BCUT2D eigenvalue weighted by atomic mass is 16.3. The Labute approximate surface area is 97.0 Å². The highest BCUT2D eigenvalue weighted by Crippen LogP contribution is 2.23. The van der Waals surface area contributed by atoms with E-state index in [1.165, 1.54) is 0 Å². The molecular weight excluding hydrogens is 204 g/mol. The van der Waals surface area contributed by atoms with Crippen LogP contribution in [0.25, 0.3) is 0 Å². The molecule has 1 heterocycles. The number of carbonyl (C=O) groups is 1. The second-order valence-electron chi connectivity index (χ2n) is 5.02. The Morgan fingerprint density at radius 3 is 2.62 bits per heavy atom. The lowest BCUT2D eigenvalue weighted by atomic mass is 9.91. The number of likely N-dealkylation sites (N-methyl/N-ethyl adjacent to an activating group) is 1. The summed E-state index contributed by atoms with van der Waals surface area (Å²) < 4.78 is 0. The Bertz CT molecular complexity index is 251. The fourth-order valence-corrected chi connectivity index (χ4v) is 2.85. The van der Waals surface area contributed by atoms with Crippen molar-refractivity contribution in [1.29, 1.82) is 0 Å². The maximum atomic E-state index is 12.1. The molecule has 3 unspecified atom stereocenters. The van der Waals surface area contributed by atoms with Gasteiger partial charge in [0.25, 0.3) is 0 Å². The number of rotatable bonds is 2. The Hall–Kier alpha value is -0.610. The summed E-state index contributed by atoms with van der Waals surface area (Å²) in [6.45, 7) is 0.942. The van der Waals surface area contributed by atoms with E-state index in [4.69, 9.17) is 0 Å². The molecule has 2 fully saturated rings. The fourth-order valence-electron chi connectivity index (χ4n) is 2.85. The van der Waals surface area contributed by atoms with Crippen LogP contribution in [-0.4, -0.2) is 47.7 Å². The molecule has 0 bridgehead atoms. The van der Waals surface area contributed by atoms with Crippen molar-refractivity contribution in [2.45, 2.75) is 56.7 Å². The van der Waals surface area contributed by atoms with Crippen LogP contribution in [0, 0.1) is 0 Å². The SMILES string of the molecule is CN(C(=O)C1CCCN1)C1CCCCC1O. The van der Waals surface area contributed by atoms with Crippen molar-refractivity contribution in [1.82, 2.24) is 10.2 Å². The quantitative estimate of drug-likeness (QED) is 0.721. The Morgan fingerprint density at radius 2 is 2.00 bits per heavy atom. The number of nitrogens with one attached hydrogen (secondary N) is 1. The Kier molecular flexibility index (Phi) is 3.82. The third kappa shape index (κ3) is 2.38. The molecule has 0 aromatic rings. The third-order valence-electron chi connectivity index (χ3n) is 3.90. The molecule has 92 valence electrons. The first-order chi connectivity index (χ1) is 7.70. The molecule has 1 saturated carbocycles. The van der Waals surface area contributed by atoms with E-state index in [1.807, 2.05) is 7.05 Å². The summed E-state index contributed by atoms with van der Waals surface area (Å²) in [6.07, 6.45) is 5.67. The van der Waals surface area contributed by atoms with Crippen LogP contribution in [0.1, 0.15) is 38.5 Å². The maximum Gasteiger partial charge on any atom is 0.239 e. The van der Waals surface area contributed by atoms with Crippen LogP contribution in [0.5, 0.6) is 0 Å². The first kappa shape index (κ1) is 11.9. The molecule has 1 aliphatic carbocycles. The summed E-state index contributed by atoms with van der Waals surface area (Å²) in [5.41, 5.74) is 0. The molecule has 4 nitrogen and oxygen atoms in total. The minimum atomic E-state index is -0.330. The second-order valence-corrected chi connectivity index (χ2v) is 5.02. The molecule has 1 amide bonds. The van der Waals surface area contributed by atoms with Gasteiger partial charge in [-0.2, -0.15) is 0 Å². The first-order valence-corrected chi connectivity index (χ1v) is 6.38. The normalized spacial score (nSPS) is 35.0. The number of aliphatic hydroxyl groups is 1. The van der Waals surface area contributed by atoms with Crippen molar-refractivity contribution in [3.05, 3.63) is 0 Å². The average Bonchev–Trinajstić information content (AvgIpc) is 2.81. The van der Waals surface area contributed by atoms with Crippen molar-refractivity contribution in [2.24, 2.45) is 0 Å². The van der Waals surface area contributed by atoms with Crippen LogP contribution in [0.3, 0.4) is 0 Å². The molecule has 0 aromatic heterocycles. The standard InChI is InChI=1S/C12H22N2O2/c1-14(10-6-2-3-7-11(10)15)12(16)9-5-4-8-13-9/h9-11,13,15H,2-8H2,1H3. The lowest BCUT2D eigenvalue weighted by Gasteiger charge is -2.36. The number of carbonyl (C=O) groups excluding carboxylic acids is 1. The van der Waals surface area contributed by atoms with Crippen molar-refractivity contribution >= 4 is 5.91 Å². The van der Waals surface area contributed by atoms with E-state index in [9.17, 15) is 9.90 Å². The number of hydrogen-bond donors (Lipinski definition) is 2. The van der Waals surface area contributed by atoms with Gasteiger partial charge in [0.05, 0.1) is 18.2 Å². The average molecular weight is 226 g/mol. The van der Waals surface area contributed by atoms with Crippen molar-refractivity contribution in [2.75, 3.05) is 13.6 Å². The van der Waals surface area contributed by atoms with Gasteiger partial charge in [0.1, 0.15) is 0 Å². The highest BCUT2D eigenvalue weighted by molar-refractivity contribution is 5.82. The third-order valence-corrected chi connectivity index (χ3v) is 3.90. The van der Waals surface area contributed by atoms with Crippen LogP contribution in [0.2, 0.25) is 0 Å². The molecule has 0 aromatic carbocycles. The van der Waals surface area contributed by atoms with Gasteiger partial charge in [-0.25, -0.2) is 0 Å². The highest BCUT2D eigenvalue weighted by Gasteiger charge is 2.33. The minimum absolute atomic E-state index is 0.0147. The van der Waals surface area contributed by atoms with Crippen LogP contribution in [0.15, 0.2) is 0 Å². The minimum Gasteiger partial charge on any atom is -0.391 e. The van der Waals surface area contributed by atoms with Gasteiger partial charge in [0, 0.05) is 7.05 Å². The van der Waals surface area contributed by atoms with Crippen LogP contribution >= 0.6 is 0 Å². The lowest BCUT2D eigenvalue weighted by molar-refractivity contribution is -0.137. The van der Waals surface area contributed by atoms with E-state index in [2.05, 4.69) is 5.32 Å². The van der Waals surface area contributed by atoms with Crippen molar-refractivity contribution in [3.8, 4) is 0 Å². The van der Waals surface area contributed by atoms with Crippen LogP contribution < -0.4 is 5.32 Å². The van der Waals surface area contributed by atoms with E-state index in [1.54, 1.807) is 4.90 Å². The van der Waals surface area contributed by atoms with E-state index < -0.39 is 0 Å². The predicted molar refractivity (Wildman–Crippen MR) is 62.1 cm³/mol. The summed E-state index contributed by atoms with van der Waals surface area (Å²) in [6, 6.07) is 0.0165. The molecule has 16 heavy (non-hydrogen) atoms. The molecule has 1 aliphatic heterocycles. The summed E-state index contributed by atoms with van der Waals surface area (Å²) in [4.78, 5) is 13.9. The zero-order valence-corrected chi connectivity index (χ0v) is 9.98. The Balaban J connectivity index is 1.94. The fraction of sp³-hybridized carbons (Fsp3) is 0.917. The maximum absolute atomic E-state index is 12.1. The zero-order valence-electron chi connectivity index (χ0n) is 9.98. The van der Waals surface area contributed by atoms with Gasteiger partial charge in [-0.15, -0.1) is 0 Å². The van der Waals surface area contributed by atoms with Crippen LogP contribution in [0.4, 0.5) is 0 Å². The zero-order chi connectivity index (χ0) is 11.5. The molecule has 0 radical (unpaired) electrons. The Morgan fingerprint density at radius 1 is 1.25 bits per heavy atom. The van der Waals surface area contributed by atoms with E-state index >= 15 is 0 Å². The number of hydrogen-bond acceptors (Lipinski definition) is 3. The summed E-state index contributed by atoms with van der Waals surface area (Å²) in [7, 11) is 1.83. The van der Waals surface area contributed by atoms with E-state index in [0.29, 0.717) is 0 Å². The van der Waals surface area contributed by atoms with Crippen molar-refractivity contribution in [3.63, 3.8) is 0 Å². The molecule has 2 N–H and O–H groups in total. The molecule has 4 heteroatoms. The van der Waals surface area contributed by atoms with Gasteiger partial charge in [-0.05, 0) is 32.2 Å². The first-order valence-electron chi connectivity index (χ1n) is 6.38. The molecular formula is C12H22N2O2. The van der Waals surface area contributed by atoms with Gasteiger partial charge in [0.2, 0.25) is 5.91 Å². The topological polar surface area (TPSA) is 52.6 Å². The molecule has 0 spiro atoms. The van der Waals surface area contributed by atoms with E-state index in [0.717, 1.165) is 45.1 Å². The molecule has 3 atom stereocenters. The van der Waals surface area contributed by atoms with E-state index in [-0.39, 0.29) is 24.1 Å². The summed E-state index contributed by atoms with van der Waals surface area (Å²) in [5.74, 6) is 0.156. The van der Waals surface area contributed by atoms with Gasteiger partial charge >= 0.3 is 0 Å². The smallest absolute Gasteiger partial charge is 0.239 e.